The number of benzene rings is 2. The molecule has 5 nitrogen and oxygen atoms in total. The molecule has 0 radical (unpaired) electrons. The molecular weight excluding hydrogens is 444 g/mol. The second-order valence-corrected chi connectivity index (χ2v) is 6.79. The van der Waals surface area contributed by atoms with E-state index in [0.29, 0.717) is 27.1 Å². The molecule has 1 amide bonds. The molecule has 3 rings (SSSR count). The Morgan fingerprint density at radius 3 is 2.50 bits per heavy atom. The molecule has 3 aromatic rings. The monoisotopic (exact) mass is 456 g/mol. The third kappa shape index (κ3) is 5.77. The van der Waals surface area contributed by atoms with E-state index < -0.39 is 17.6 Å². The highest BCUT2D eigenvalue weighted by molar-refractivity contribution is 6.35. The Hall–Kier alpha value is -2.97. The van der Waals surface area contributed by atoms with Gasteiger partial charge in [-0.2, -0.15) is 18.3 Å². The van der Waals surface area contributed by atoms with Gasteiger partial charge in [0.1, 0.15) is 18.1 Å². The maximum absolute atomic E-state index is 12.5. The van der Waals surface area contributed by atoms with E-state index in [-0.39, 0.29) is 12.4 Å². The number of furan rings is 1. The lowest BCUT2D eigenvalue weighted by Crippen LogP contribution is -2.16. The summed E-state index contributed by atoms with van der Waals surface area (Å²) in [6.45, 7) is 0.0312. The van der Waals surface area contributed by atoms with E-state index in [1.807, 2.05) is 0 Å². The van der Waals surface area contributed by atoms with Gasteiger partial charge in [-0.3, -0.25) is 4.79 Å². The number of rotatable bonds is 6. The van der Waals surface area contributed by atoms with E-state index >= 15 is 0 Å². The molecular formula is C20H13Cl2F3N2O3. The van der Waals surface area contributed by atoms with Gasteiger partial charge >= 0.3 is 12.1 Å². The molecule has 30 heavy (non-hydrogen) atoms. The molecule has 0 spiro atoms. The molecule has 0 fully saturated rings. The molecule has 0 unspecified atom stereocenters. The van der Waals surface area contributed by atoms with Crippen LogP contribution < -0.4 is 10.2 Å². The minimum Gasteiger partial charge on any atom is -0.484 e. The molecule has 1 N–H and O–H groups in total. The Morgan fingerprint density at radius 1 is 1.10 bits per heavy atom. The van der Waals surface area contributed by atoms with Crippen LogP contribution in [0.25, 0.3) is 0 Å². The largest absolute Gasteiger partial charge is 0.484 e. The van der Waals surface area contributed by atoms with Crippen LogP contribution in [0.15, 0.2) is 64.1 Å². The zero-order chi connectivity index (χ0) is 21.7. The molecule has 0 saturated carbocycles. The van der Waals surface area contributed by atoms with Crippen molar-refractivity contribution in [1.82, 2.24) is 5.43 Å². The van der Waals surface area contributed by atoms with E-state index in [1.54, 1.807) is 18.2 Å². The normalized spacial score (nSPS) is 11.6. The molecule has 0 bridgehead atoms. The van der Waals surface area contributed by atoms with Gasteiger partial charge in [-0.05, 0) is 48.0 Å². The van der Waals surface area contributed by atoms with Crippen LogP contribution in [-0.4, -0.2) is 12.1 Å². The Morgan fingerprint density at radius 2 is 1.83 bits per heavy atom. The number of hydrogen-bond acceptors (Lipinski definition) is 4. The minimum absolute atomic E-state index is 0.0135. The van der Waals surface area contributed by atoms with Crippen molar-refractivity contribution < 1.29 is 27.1 Å². The van der Waals surface area contributed by atoms with Crippen LogP contribution in [0.1, 0.15) is 27.4 Å². The van der Waals surface area contributed by atoms with Crippen molar-refractivity contribution in [2.75, 3.05) is 0 Å². The van der Waals surface area contributed by atoms with Gasteiger partial charge in [-0.15, -0.1) is 0 Å². The number of halogens is 5. The minimum atomic E-state index is -4.41. The number of carbonyl (C=O) groups is 1. The maximum Gasteiger partial charge on any atom is 0.416 e. The number of hydrazone groups is 1. The number of alkyl halides is 3. The molecule has 1 heterocycles. The van der Waals surface area contributed by atoms with Crippen molar-refractivity contribution in [2.24, 2.45) is 5.10 Å². The molecule has 0 saturated heterocycles. The molecule has 0 atom stereocenters. The first-order valence-corrected chi connectivity index (χ1v) is 9.15. The summed E-state index contributed by atoms with van der Waals surface area (Å²) in [5, 5.41) is 4.52. The first kappa shape index (κ1) is 21.7. The average Bonchev–Trinajstić information content (AvgIpc) is 3.16. The molecule has 156 valence electrons. The number of carbonyl (C=O) groups excluding carboxylic acids is 1. The summed E-state index contributed by atoms with van der Waals surface area (Å²) in [7, 11) is 0. The topological polar surface area (TPSA) is 63.8 Å². The van der Waals surface area contributed by atoms with Gasteiger partial charge < -0.3 is 9.15 Å². The second kappa shape index (κ2) is 9.23. The quantitative estimate of drug-likeness (QED) is 0.368. The zero-order valence-electron chi connectivity index (χ0n) is 15.0. The summed E-state index contributed by atoms with van der Waals surface area (Å²) in [5.41, 5.74) is 1.85. The highest BCUT2D eigenvalue weighted by Crippen LogP contribution is 2.29. The predicted molar refractivity (Wildman–Crippen MR) is 106 cm³/mol. The standard InChI is InChI=1S/C20H13Cl2F3N2O3/c21-14-5-7-17(16(22)9-14)29-11-15-6-8-18(30-15)19(28)27-26-10-12-1-3-13(4-2-12)20(23,24)25/h1-10H,11H2,(H,27,28). The van der Waals surface area contributed by atoms with Crippen molar-refractivity contribution in [3.05, 3.63) is 87.3 Å². The summed E-state index contributed by atoms with van der Waals surface area (Å²) in [5.74, 6) is 0.136. The molecule has 0 aliphatic rings. The average molecular weight is 457 g/mol. The van der Waals surface area contributed by atoms with Crippen molar-refractivity contribution in [3.63, 3.8) is 0 Å². The smallest absolute Gasteiger partial charge is 0.416 e. The summed E-state index contributed by atoms with van der Waals surface area (Å²) in [6, 6.07) is 12.1. The molecule has 1 aromatic heterocycles. The Kier molecular flexibility index (Phi) is 6.69. The third-order valence-electron chi connectivity index (χ3n) is 3.77. The number of amides is 1. The fourth-order valence-electron chi connectivity index (χ4n) is 2.30. The number of nitrogens with zero attached hydrogens (tertiary/aromatic N) is 1. The van der Waals surface area contributed by atoms with Gasteiger partial charge in [-0.25, -0.2) is 5.43 Å². The van der Waals surface area contributed by atoms with Crippen LogP contribution in [0, 0.1) is 0 Å². The lowest BCUT2D eigenvalue weighted by atomic mass is 10.1. The van der Waals surface area contributed by atoms with Crippen molar-refractivity contribution in [2.45, 2.75) is 12.8 Å². The van der Waals surface area contributed by atoms with Crippen LogP contribution in [0.2, 0.25) is 10.0 Å². The molecule has 0 aliphatic carbocycles. The van der Waals surface area contributed by atoms with E-state index in [9.17, 15) is 18.0 Å². The van der Waals surface area contributed by atoms with E-state index in [0.717, 1.165) is 12.1 Å². The number of ether oxygens (including phenoxy) is 1. The maximum atomic E-state index is 12.5. The highest BCUT2D eigenvalue weighted by atomic mass is 35.5. The van der Waals surface area contributed by atoms with E-state index in [4.69, 9.17) is 32.4 Å². The Balaban J connectivity index is 1.54. The summed E-state index contributed by atoms with van der Waals surface area (Å²) in [4.78, 5) is 12.1. The van der Waals surface area contributed by atoms with Crippen LogP contribution >= 0.6 is 23.2 Å². The van der Waals surface area contributed by atoms with Crippen molar-refractivity contribution >= 4 is 35.3 Å². The first-order chi connectivity index (χ1) is 14.2. The van der Waals surface area contributed by atoms with Crippen LogP contribution in [0.3, 0.4) is 0 Å². The Bertz CT molecular complexity index is 1060. The van der Waals surface area contributed by atoms with Gasteiger partial charge in [0.2, 0.25) is 0 Å². The third-order valence-corrected chi connectivity index (χ3v) is 4.30. The second-order valence-electron chi connectivity index (χ2n) is 5.95. The van der Waals surface area contributed by atoms with Crippen molar-refractivity contribution in [1.29, 1.82) is 0 Å². The van der Waals surface area contributed by atoms with Gasteiger partial charge in [0.05, 0.1) is 16.8 Å². The van der Waals surface area contributed by atoms with Gasteiger partial charge in [0.25, 0.3) is 0 Å². The van der Waals surface area contributed by atoms with Gasteiger partial charge in [-0.1, -0.05) is 35.3 Å². The van der Waals surface area contributed by atoms with Crippen LogP contribution in [-0.2, 0) is 12.8 Å². The SMILES string of the molecule is O=C(NN=Cc1ccc(C(F)(F)F)cc1)c1ccc(COc2ccc(Cl)cc2Cl)o1. The summed E-state index contributed by atoms with van der Waals surface area (Å²) >= 11 is 11.8. The van der Waals surface area contributed by atoms with Gasteiger partial charge in [0, 0.05) is 5.02 Å². The lowest BCUT2D eigenvalue weighted by Gasteiger charge is -2.06. The zero-order valence-corrected chi connectivity index (χ0v) is 16.6. The molecule has 0 aliphatic heterocycles. The van der Waals surface area contributed by atoms with E-state index in [2.05, 4.69) is 10.5 Å². The van der Waals surface area contributed by atoms with E-state index in [1.165, 1.54) is 30.5 Å². The summed E-state index contributed by atoms with van der Waals surface area (Å²) in [6.07, 6.45) is -3.20. The fourth-order valence-corrected chi connectivity index (χ4v) is 2.76. The van der Waals surface area contributed by atoms with Crippen LogP contribution in [0.5, 0.6) is 5.75 Å². The molecule has 10 heteroatoms. The Labute approximate surface area is 179 Å². The number of hydrogen-bond donors (Lipinski definition) is 1. The van der Waals surface area contributed by atoms with Crippen molar-refractivity contribution in [3.8, 4) is 5.75 Å². The summed E-state index contributed by atoms with van der Waals surface area (Å²) < 4.78 is 48.5. The lowest BCUT2D eigenvalue weighted by molar-refractivity contribution is -0.137. The predicted octanol–water partition coefficient (Wildman–Crippen LogP) is 5.95. The van der Waals surface area contributed by atoms with Gasteiger partial charge in [0.15, 0.2) is 5.76 Å². The first-order valence-electron chi connectivity index (χ1n) is 8.39. The fraction of sp³-hybridized carbons (Fsp3) is 0.100. The highest BCUT2D eigenvalue weighted by Gasteiger charge is 2.29. The number of nitrogens with one attached hydrogen (secondary N) is 1. The van der Waals surface area contributed by atoms with Crippen LogP contribution in [0.4, 0.5) is 13.2 Å². The molecule has 2 aromatic carbocycles.